The molecule has 5 aromatic rings. The third kappa shape index (κ3) is 41.7. The Bertz CT molecular complexity index is 4590. The second-order valence-electron chi connectivity index (χ2n) is 36.5. The van der Waals surface area contributed by atoms with Crippen LogP contribution in [0.3, 0.4) is 0 Å². The number of likely N-dealkylation sites (N-methyl/N-ethyl adjacent to an activating group) is 2. The van der Waals surface area contributed by atoms with E-state index in [4.69, 9.17) is 80.8 Å². The number of piperidine rings is 1. The molecule has 0 radical (unpaired) electrons. The molecule has 3 aliphatic rings. The van der Waals surface area contributed by atoms with Crippen LogP contribution in [-0.2, 0) is 118 Å². The number of methoxy groups -OCH3 is 1. The maximum Gasteiger partial charge on any atom is 0.407 e. The molecule has 40 heteroatoms. The van der Waals surface area contributed by atoms with Gasteiger partial charge in [0.25, 0.3) is 11.8 Å². The third-order valence-electron chi connectivity index (χ3n) is 25.0. The van der Waals surface area contributed by atoms with Crippen LogP contribution in [0.1, 0.15) is 162 Å². The molecule has 1 aromatic heterocycles. The SMILES string of the molecule is C=C(C)CO[C@H](C[C@H](C(C)C)N(C)C(=O)[C@@H](NC(=O)[C@H]1CCCC[N+]1(C)Cc1ccc(O[C@@H]2O[C@H](C(=O)O)[C@@H](O)[C@H](O)[C@H]2O)c(NC(=O)CCNC(=O)[C@H](CCCCNC(=O)CCOCCOCCOCCOCCOCCOCCOCCOCCOCCOCCOCCOC)NC(=O)OCC2c3ccccc3-c3ccccc32)c1)[C@@H](C)CC)c1nc(C(=O)N[C@@H](Cc2ccccc2)C[C@H](C)C(=O)O)cs1. The molecule has 11 N–H and O–H groups in total. The molecule has 0 bridgehead atoms. The highest BCUT2D eigenvalue weighted by Crippen LogP contribution is 2.45. The molecular weight excluding hydrogens is 1880 g/mol. The summed E-state index contributed by atoms with van der Waals surface area (Å²) in [7, 11) is 5.26. The van der Waals surface area contributed by atoms with E-state index in [2.05, 4.69) is 38.5 Å². The number of aromatic nitrogens is 1. The molecule has 2 aliphatic heterocycles. The number of unbranched alkanes of at least 4 members (excludes halogenated alkanes) is 1. The van der Waals surface area contributed by atoms with Crippen LogP contribution in [0.15, 0.2) is 115 Å². The number of rotatable bonds is 74. The Morgan fingerprint density at radius 1 is 0.615 bits per heavy atom. The Morgan fingerprint density at radius 2 is 1.17 bits per heavy atom. The van der Waals surface area contributed by atoms with Crippen molar-refractivity contribution in [3.8, 4) is 16.9 Å². The van der Waals surface area contributed by atoms with Gasteiger partial charge in [-0.15, -0.1) is 11.3 Å². The number of anilines is 1. The number of carboxylic acids is 2. The summed E-state index contributed by atoms with van der Waals surface area (Å²) in [6.07, 6.45) is -7.91. The fraction of sp³-hybridized carbons (Fsp3) is 0.631. The van der Waals surface area contributed by atoms with Gasteiger partial charge in [-0.2, -0.15) is 0 Å². The maximum atomic E-state index is 15.3. The number of alkyl carbamates (subject to hydrolysis) is 1. The number of fused-ring (bicyclic) bond motifs is 3. The zero-order valence-corrected chi connectivity index (χ0v) is 85.2. The van der Waals surface area contributed by atoms with Crippen LogP contribution in [0, 0.1) is 17.8 Å². The average Bonchev–Trinajstić information content (AvgIpc) is 1.60. The number of amides is 7. The van der Waals surface area contributed by atoms with Gasteiger partial charge in [0.2, 0.25) is 29.9 Å². The number of benzene rings is 4. The van der Waals surface area contributed by atoms with Crippen molar-refractivity contribution in [1.82, 2.24) is 36.5 Å². The van der Waals surface area contributed by atoms with Gasteiger partial charge >= 0.3 is 18.0 Å². The zero-order valence-electron chi connectivity index (χ0n) is 84.4. The van der Waals surface area contributed by atoms with Crippen LogP contribution in [0.25, 0.3) is 11.1 Å². The second kappa shape index (κ2) is 65.8. The van der Waals surface area contributed by atoms with Crippen LogP contribution in [0.4, 0.5) is 10.5 Å². The zero-order chi connectivity index (χ0) is 103. The van der Waals surface area contributed by atoms with E-state index in [-0.39, 0.29) is 142 Å². The number of carboxylic acid groups (broad SMARTS) is 2. The van der Waals surface area contributed by atoms with Crippen molar-refractivity contribution in [2.75, 3.05) is 211 Å². The van der Waals surface area contributed by atoms with E-state index in [0.29, 0.717) is 194 Å². The highest BCUT2D eigenvalue weighted by molar-refractivity contribution is 7.09. The lowest BCUT2D eigenvalue weighted by Crippen LogP contribution is -2.63. The Hall–Kier alpha value is -9.64. The number of likely N-dealkylation sites (tertiary alicyclic amines) is 1. The summed E-state index contributed by atoms with van der Waals surface area (Å²) in [6, 6.07) is 25.9. The molecule has 1 unspecified atom stereocenters. The van der Waals surface area contributed by atoms with Crippen LogP contribution in [0.2, 0.25) is 0 Å². The van der Waals surface area contributed by atoms with E-state index in [1.165, 1.54) is 17.4 Å². The van der Waals surface area contributed by atoms with Crippen LogP contribution in [0.5, 0.6) is 5.75 Å². The first-order valence-electron chi connectivity index (χ1n) is 49.7. The number of carbonyl (C=O) groups is 9. The van der Waals surface area contributed by atoms with Crippen molar-refractivity contribution < 1.29 is 149 Å². The number of nitrogens with one attached hydrogen (secondary N) is 6. The normalized spacial score (nSPS) is 18.7. The fourth-order valence-electron chi connectivity index (χ4n) is 16.8. The molecule has 1 aliphatic carbocycles. The van der Waals surface area contributed by atoms with E-state index >= 15 is 9.59 Å². The highest BCUT2D eigenvalue weighted by atomic mass is 32.1. The quantitative estimate of drug-likeness (QED) is 0.00998. The van der Waals surface area contributed by atoms with Gasteiger partial charge in [-0.05, 0) is 110 Å². The maximum absolute atomic E-state index is 15.3. The first-order valence-corrected chi connectivity index (χ1v) is 50.6. The predicted octanol–water partition coefficient (Wildman–Crippen LogP) is 7.96. The lowest BCUT2D eigenvalue weighted by molar-refractivity contribution is -0.942. The average molecular weight is 2030 g/mol. The van der Waals surface area contributed by atoms with Crippen molar-refractivity contribution in [3.05, 3.63) is 148 Å². The Kier molecular flexibility index (Phi) is 54.5. The van der Waals surface area contributed by atoms with Crippen molar-refractivity contribution in [2.45, 2.75) is 198 Å². The van der Waals surface area contributed by atoms with Gasteiger partial charge in [-0.1, -0.05) is 132 Å². The number of aliphatic hydroxyl groups is 3. The number of ether oxygens (including phenoxy) is 16. The summed E-state index contributed by atoms with van der Waals surface area (Å²) in [5.41, 5.74) is 6.30. The smallest absolute Gasteiger partial charge is 0.407 e. The Morgan fingerprint density at radius 3 is 1.71 bits per heavy atom. The summed E-state index contributed by atoms with van der Waals surface area (Å²) < 4.78 is 89.9. The summed E-state index contributed by atoms with van der Waals surface area (Å²) in [5, 5.41) is 72.0. The van der Waals surface area contributed by atoms with E-state index < -0.39 is 109 Å². The number of aliphatic hydroxyl groups excluding tert-OH is 3. The van der Waals surface area contributed by atoms with Gasteiger partial charge in [-0.25, -0.2) is 14.6 Å². The molecule has 143 heavy (non-hydrogen) atoms. The topological polar surface area (TPSA) is 491 Å². The van der Waals surface area contributed by atoms with Gasteiger partial charge in [0.15, 0.2) is 12.1 Å². The van der Waals surface area contributed by atoms with E-state index in [9.17, 15) is 59.1 Å². The molecule has 39 nitrogen and oxygen atoms in total. The summed E-state index contributed by atoms with van der Waals surface area (Å²) in [6.45, 7) is 25.7. The minimum Gasteiger partial charge on any atom is -0.481 e. The third-order valence-corrected chi connectivity index (χ3v) is 25.9. The van der Waals surface area contributed by atoms with Crippen molar-refractivity contribution >= 4 is 70.5 Å². The van der Waals surface area contributed by atoms with Gasteiger partial charge in [0.1, 0.15) is 66.1 Å². The molecule has 2 saturated heterocycles. The molecule has 8 rings (SSSR count). The largest absolute Gasteiger partial charge is 0.481 e. The number of aliphatic carboxylic acids is 2. The summed E-state index contributed by atoms with van der Waals surface area (Å²) >= 11 is 1.23. The fourth-order valence-corrected chi connectivity index (χ4v) is 17.7. The standard InChI is InChI=1S/C103H153N9O30S/c1-11-71(6)90(99(121)111(8)84(70(4)5)64-87(139-66-69(2)3)98-108-83(68-143-98)96(119)106-75(61-72(7)100(122)123)62-73-23-13-12-14-24-73)110-97(120)85-30-20-22-37-112(85,9)65-74-31-32-86(141-102-93(117)91(115)92(116)94(142-102)101(124)125)82(63-74)107-89(114)33-36-105-95(118)81(109-103(126)140-67-80-78-27-17-15-25-76(78)77-26-16-18-28-79(77)80)29-19-21-35-104-88(113)34-38-128-41-42-130-45-46-132-49-50-134-53-54-136-57-58-138-60-59-137-56-55-135-52-51-133-48-47-131-44-43-129-40-39-127-10/h12-18,23-28,31-32,63,68,70-72,75,80-81,84-85,87,90-94,102,115-117H,2,11,19-22,29-30,33-62,64-67H2,1,3-10H3,(H7-,104,105,106,107,109,110,113,114,118,119,120,122,123,124,125,126)/p+1/t71-,72-,75+,81-,84+,85+,87+,90-,91-,92-,93+,94-,102+,112?/m0/s1. The number of hydrogen-bond acceptors (Lipinski definition) is 30. The Labute approximate surface area is 843 Å². The van der Waals surface area contributed by atoms with Crippen LogP contribution in [-0.4, -0.2) is 360 Å². The van der Waals surface area contributed by atoms with Gasteiger partial charge in [0, 0.05) is 81.9 Å². The molecule has 4 aromatic carbocycles. The molecular formula is C103H154N9O30S+. The number of quaternary nitrogens is 1. The van der Waals surface area contributed by atoms with Crippen molar-refractivity contribution in [1.29, 1.82) is 0 Å². The van der Waals surface area contributed by atoms with E-state index in [1.807, 2.05) is 121 Å². The van der Waals surface area contributed by atoms with Gasteiger partial charge < -0.3 is 143 Å². The van der Waals surface area contributed by atoms with Crippen LogP contribution < -0.4 is 36.6 Å². The number of nitrogens with zero attached hydrogens (tertiary/aromatic N) is 3. The predicted molar refractivity (Wildman–Crippen MR) is 530 cm³/mol. The molecule has 0 saturated carbocycles. The molecule has 14 atom stereocenters. The monoisotopic (exact) mass is 2030 g/mol. The van der Waals surface area contributed by atoms with Crippen molar-refractivity contribution in [3.63, 3.8) is 0 Å². The van der Waals surface area contributed by atoms with Crippen molar-refractivity contribution in [2.24, 2.45) is 17.8 Å². The minimum atomic E-state index is -2.05. The van der Waals surface area contributed by atoms with E-state index in [1.54, 1.807) is 43.5 Å². The lowest BCUT2D eigenvalue weighted by Gasteiger charge is -2.44. The highest BCUT2D eigenvalue weighted by Gasteiger charge is 2.49. The molecule has 7 amide bonds. The summed E-state index contributed by atoms with van der Waals surface area (Å²) in [4.78, 5) is 131. The molecule has 3 heterocycles. The Balaban J connectivity index is 0.811. The molecule has 796 valence electrons. The second-order valence-corrected chi connectivity index (χ2v) is 37.4. The number of hydrogen-bond donors (Lipinski definition) is 11. The number of carbonyl (C=O) groups excluding carboxylic acids is 7. The van der Waals surface area contributed by atoms with Gasteiger partial charge in [-0.3, -0.25) is 33.6 Å². The first-order chi connectivity index (χ1) is 69.0. The summed E-state index contributed by atoms with van der Waals surface area (Å²) in [5.74, 6) is -7.13. The minimum absolute atomic E-state index is 0.0285. The lowest BCUT2D eigenvalue weighted by atomic mass is 9.92. The number of thiazole rings is 1. The van der Waals surface area contributed by atoms with Gasteiger partial charge in [0.05, 0.1) is 184 Å². The first kappa shape index (κ1) is 119. The van der Waals surface area contributed by atoms with Crippen LogP contribution >= 0.6 is 11.3 Å². The van der Waals surface area contributed by atoms with E-state index in [0.717, 1.165) is 33.4 Å². The molecule has 2 fully saturated rings. The molecule has 0 spiro atoms.